The van der Waals surface area contributed by atoms with Gasteiger partial charge in [0.05, 0.1) is 11.5 Å². The van der Waals surface area contributed by atoms with Gasteiger partial charge in [0.1, 0.15) is 0 Å². The highest BCUT2D eigenvalue weighted by Crippen LogP contribution is 2.27. The van der Waals surface area contributed by atoms with Gasteiger partial charge in [-0.25, -0.2) is 8.42 Å². The summed E-state index contributed by atoms with van der Waals surface area (Å²) >= 11 is 0. The van der Waals surface area contributed by atoms with Crippen molar-refractivity contribution in [1.82, 2.24) is 9.21 Å². The second kappa shape index (κ2) is 8.92. The van der Waals surface area contributed by atoms with Gasteiger partial charge in [0.25, 0.3) is 0 Å². The second-order valence-electron chi connectivity index (χ2n) is 6.54. The third-order valence-electron chi connectivity index (χ3n) is 4.48. The summed E-state index contributed by atoms with van der Waals surface area (Å²) in [6, 6.07) is 8.52. The quantitative estimate of drug-likeness (QED) is 0.749. The lowest BCUT2D eigenvalue weighted by molar-refractivity contribution is 0.101. The van der Waals surface area contributed by atoms with Crippen LogP contribution < -0.4 is 0 Å². The van der Waals surface area contributed by atoms with Crippen LogP contribution in [0.2, 0.25) is 0 Å². The first-order valence-corrected chi connectivity index (χ1v) is 9.75. The molecule has 6 nitrogen and oxygen atoms in total. The van der Waals surface area contributed by atoms with Crippen molar-refractivity contribution in [3.8, 4) is 0 Å². The molecular formula is C17H28N2O4S. The van der Waals surface area contributed by atoms with Crippen molar-refractivity contribution >= 4 is 10.0 Å². The molecule has 2 atom stereocenters. The SMILES string of the molecule is COCCN(C)C[C@H]1C[C@H](CO)CN(S(=O)(=O)c2ccccc2)C1. The minimum Gasteiger partial charge on any atom is -0.396 e. The Bertz CT molecular complexity index is 594. The van der Waals surface area contributed by atoms with Gasteiger partial charge in [-0.2, -0.15) is 4.31 Å². The van der Waals surface area contributed by atoms with E-state index in [-0.39, 0.29) is 18.4 Å². The Balaban J connectivity index is 2.09. The summed E-state index contributed by atoms with van der Waals surface area (Å²) in [5.74, 6) is 0.189. The molecule has 1 saturated heterocycles. The number of sulfonamides is 1. The Morgan fingerprint density at radius 1 is 1.25 bits per heavy atom. The second-order valence-corrected chi connectivity index (χ2v) is 8.48. The van der Waals surface area contributed by atoms with Gasteiger partial charge in [0.15, 0.2) is 0 Å². The van der Waals surface area contributed by atoms with Crippen molar-refractivity contribution < 1.29 is 18.3 Å². The third-order valence-corrected chi connectivity index (χ3v) is 6.32. The Kier molecular flexibility index (Phi) is 7.18. The number of methoxy groups -OCH3 is 1. The largest absolute Gasteiger partial charge is 0.396 e. The summed E-state index contributed by atoms with van der Waals surface area (Å²) in [5.41, 5.74) is 0. The van der Waals surface area contributed by atoms with E-state index in [1.54, 1.807) is 37.4 Å². The summed E-state index contributed by atoms with van der Waals surface area (Å²) < 4.78 is 32.3. The zero-order valence-electron chi connectivity index (χ0n) is 14.5. The smallest absolute Gasteiger partial charge is 0.243 e. The fraction of sp³-hybridized carbons (Fsp3) is 0.647. The van der Waals surface area contributed by atoms with Crippen LogP contribution in [-0.2, 0) is 14.8 Å². The molecule has 0 unspecified atom stereocenters. The Hall–Kier alpha value is -0.990. The van der Waals surface area contributed by atoms with Crippen LogP contribution in [0.25, 0.3) is 0 Å². The number of piperidine rings is 1. The fourth-order valence-electron chi connectivity index (χ4n) is 3.25. The van der Waals surface area contributed by atoms with E-state index in [9.17, 15) is 13.5 Å². The molecule has 7 heteroatoms. The van der Waals surface area contributed by atoms with Crippen LogP contribution in [0.5, 0.6) is 0 Å². The molecule has 0 spiro atoms. The van der Waals surface area contributed by atoms with Crippen molar-refractivity contribution in [1.29, 1.82) is 0 Å². The van der Waals surface area contributed by atoms with Crippen molar-refractivity contribution in [2.45, 2.75) is 11.3 Å². The molecular weight excluding hydrogens is 328 g/mol. The maximum atomic E-state index is 12.9. The number of likely N-dealkylation sites (N-methyl/N-ethyl adjacent to an activating group) is 1. The average Bonchev–Trinajstić information content (AvgIpc) is 2.60. The van der Waals surface area contributed by atoms with Gasteiger partial charge in [0, 0.05) is 39.9 Å². The molecule has 0 saturated carbocycles. The number of aliphatic hydroxyl groups excluding tert-OH is 1. The lowest BCUT2D eigenvalue weighted by Gasteiger charge is -2.37. The van der Waals surface area contributed by atoms with Gasteiger partial charge in [0.2, 0.25) is 10.0 Å². The third kappa shape index (κ3) is 5.00. The predicted octanol–water partition coefficient (Wildman–Crippen LogP) is 0.884. The van der Waals surface area contributed by atoms with Crippen molar-refractivity contribution in [3.63, 3.8) is 0 Å². The first-order chi connectivity index (χ1) is 11.5. The molecule has 0 bridgehead atoms. The number of hydrogen-bond donors (Lipinski definition) is 1. The Labute approximate surface area is 145 Å². The molecule has 1 aliphatic heterocycles. The topological polar surface area (TPSA) is 70.1 Å². The van der Waals surface area contributed by atoms with E-state index in [4.69, 9.17) is 4.74 Å². The van der Waals surface area contributed by atoms with Crippen LogP contribution in [-0.4, -0.2) is 76.3 Å². The first kappa shape index (κ1) is 19.3. The molecule has 1 aromatic carbocycles. The number of nitrogens with zero attached hydrogens (tertiary/aromatic N) is 2. The highest BCUT2D eigenvalue weighted by molar-refractivity contribution is 7.89. The van der Waals surface area contributed by atoms with Crippen LogP contribution in [0.3, 0.4) is 0 Å². The minimum absolute atomic E-state index is 0.0130. The molecule has 1 aliphatic rings. The van der Waals surface area contributed by atoms with E-state index >= 15 is 0 Å². The van der Waals surface area contributed by atoms with E-state index in [0.29, 0.717) is 24.6 Å². The van der Waals surface area contributed by atoms with Gasteiger partial charge in [-0.05, 0) is 37.4 Å². The van der Waals surface area contributed by atoms with Gasteiger partial charge in [-0.1, -0.05) is 18.2 Å². The molecule has 136 valence electrons. The van der Waals surface area contributed by atoms with E-state index < -0.39 is 10.0 Å². The normalized spacial score (nSPS) is 22.8. The standard InChI is InChI=1S/C17H28N2O4S/c1-18(8-9-23-2)11-15-10-16(14-20)13-19(12-15)24(21,22)17-6-4-3-5-7-17/h3-7,15-16,20H,8-14H2,1-2H3/t15-,16+/m1/s1. The zero-order chi connectivity index (χ0) is 17.6. The summed E-state index contributed by atoms with van der Waals surface area (Å²) in [6.45, 7) is 3.14. The summed E-state index contributed by atoms with van der Waals surface area (Å²) in [6.07, 6.45) is 0.842. The molecule has 0 amide bonds. The molecule has 24 heavy (non-hydrogen) atoms. The van der Waals surface area contributed by atoms with Gasteiger partial charge < -0.3 is 14.7 Å². The van der Waals surface area contributed by atoms with E-state index in [2.05, 4.69) is 4.90 Å². The van der Waals surface area contributed by atoms with Crippen molar-refractivity contribution in [2.75, 3.05) is 53.6 Å². The minimum atomic E-state index is -3.51. The summed E-state index contributed by atoms with van der Waals surface area (Å²) in [4.78, 5) is 2.47. The van der Waals surface area contributed by atoms with E-state index in [0.717, 1.165) is 19.5 Å². The van der Waals surface area contributed by atoms with E-state index in [1.165, 1.54) is 4.31 Å². The maximum Gasteiger partial charge on any atom is 0.243 e. The molecule has 0 aromatic heterocycles. The van der Waals surface area contributed by atoms with Crippen LogP contribution >= 0.6 is 0 Å². The summed E-state index contributed by atoms with van der Waals surface area (Å²) in [7, 11) is 0.171. The average molecular weight is 356 g/mol. The van der Waals surface area contributed by atoms with Crippen molar-refractivity contribution in [2.24, 2.45) is 11.8 Å². The highest BCUT2D eigenvalue weighted by atomic mass is 32.2. The van der Waals surface area contributed by atoms with Crippen LogP contribution in [0.4, 0.5) is 0 Å². The molecule has 2 rings (SSSR count). The first-order valence-electron chi connectivity index (χ1n) is 8.31. The number of ether oxygens (including phenoxy) is 1. The van der Waals surface area contributed by atoms with Gasteiger partial charge >= 0.3 is 0 Å². The number of aliphatic hydroxyl groups is 1. The Morgan fingerprint density at radius 2 is 1.92 bits per heavy atom. The number of hydrogen-bond acceptors (Lipinski definition) is 5. The van der Waals surface area contributed by atoms with Gasteiger partial charge in [-0.3, -0.25) is 0 Å². The molecule has 1 aromatic rings. The van der Waals surface area contributed by atoms with Crippen LogP contribution in [0, 0.1) is 11.8 Å². The molecule has 1 fully saturated rings. The van der Waals surface area contributed by atoms with Crippen LogP contribution in [0.15, 0.2) is 35.2 Å². The van der Waals surface area contributed by atoms with Crippen molar-refractivity contribution in [3.05, 3.63) is 30.3 Å². The number of rotatable bonds is 8. The monoisotopic (exact) mass is 356 g/mol. The highest BCUT2D eigenvalue weighted by Gasteiger charge is 2.34. The maximum absolute atomic E-state index is 12.9. The lowest BCUT2D eigenvalue weighted by atomic mass is 9.90. The lowest BCUT2D eigenvalue weighted by Crippen LogP contribution is -2.47. The summed E-state index contributed by atoms with van der Waals surface area (Å²) in [5, 5.41) is 9.58. The molecule has 1 N–H and O–H groups in total. The number of benzene rings is 1. The van der Waals surface area contributed by atoms with Gasteiger partial charge in [-0.15, -0.1) is 0 Å². The van der Waals surface area contributed by atoms with E-state index in [1.807, 2.05) is 7.05 Å². The molecule has 0 aliphatic carbocycles. The Morgan fingerprint density at radius 3 is 2.54 bits per heavy atom. The fourth-order valence-corrected chi connectivity index (χ4v) is 4.87. The molecule has 1 heterocycles. The van der Waals surface area contributed by atoms with Crippen LogP contribution in [0.1, 0.15) is 6.42 Å². The molecule has 0 radical (unpaired) electrons. The predicted molar refractivity (Wildman–Crippen MR) is 93.3 cm³/mol. The zero-order valence-corrected chi connectivity index (χ0v) is 15.3.